The molecule has 1 N–H and O–H groups in total. The van der Waals surface area contributed by atoms with Crippen molar-refractivity contribution < 1.29 is 18.4 Å². The summed E-state index contributed by atoms with van der Waals surface area (Å²) >= 11 is 0. The first kappa shape index (κ1) is 16.6. The number of nitrogens with zero attached hydrogens (tertiary/aromatic N) is 1. The first-order valence-corrected chi connectivity index (χ1v) is 6.96. The van der Waals surface area contributed by atoms with Gasteiger partial charge in [0, 0.05) is 18.7 Å². The minimum absolute atomic E-state index is 0.135. The summed E-state index contributed by atoms with van der Waals surface area (Å²) in [6.45, 7) is 2.98. The number of benzene rings is 2. The summed E-state index contributed by atoms with van der Waals surface area (Å²) in [7, 11) is 0. The molecule has 0 aliphatic rings. The highest BCUT2D eigenvalue weighted by Gasteiger charge is 2.17. The molecule has 0 spiro atoms. The average molecular weight is 318 g/mol. The molecule has 0 heterocycles. The van der Waals surface area contributed by atoms with E-state index in [1.807, 2.05) is 19.1 Å². The second kappa shape index (κ2) is 7.00. The van der Waals surface area contributed by atoms with Gasteiger partial charge in [0.1, 0.15) is 18.2 Å². The van der Waals surface area contributed by atoms with Crippen LogP contribution in [0.5, 0.6) is 0 Å². The van der Waals surface area contributed by atoms with Crippen molar-refractivity contribution in [1.82, 2.24) is 0 Å². The van der Waals surface area contributed by atoms with Crippen molar-refractivity contribution in [3.63, 3.8) is 0 Å². The fourth-order valence-electron chi connectivity index (χ4n) is 2.03. The quantitative estimate of drug-likeness (QED) is 0.940. The minimum atomic E-state index is -0.872. The van der Waals surface area contributed by atoms with E-state index in [1.165, 1.54) is 11.8 Å². The van der Waals surface area contributed by atoms with Crippen molar-refractivity contribution in [3.05, 3.63) is 59.7 Å². The number of halogens is 2. The molecule has 2 aromatic carbocycles. The van der Waals surface area contributed by atoms with Gasteiger partial charge in [0.2, 0.25) is 11.8 Å². The van der Waals surface area contributed by atoms with Crippen LogP contribution in [0.2, 0.25) is 0 Å². The van der Waals surface area contributed by atoms with Gasteiger partial charge in [-0.1, -0.05) is 17.7 Å². The maximum atomic E-state index is 13.5. The Morgan fingerprint density at radius 3 is 2.30 bits per heavy atom. The molecule has 0 unspecified atom stereocenters. The minimum Gasteiger partial charge on any atom is -0.322 e. The zero-order chi connectivity index (χ0) is 17.0. The highest BCUT2D eigenvalue weighted by atomic mass is 19.1. The first-order valence-electron chi connectivity index (χ1n) is 6.96. The van der Waals surface area contributed by atoms with Crippen LogP contribution in [-0.4, -0.2) is 18.4 Å². The van der Waals surface area contributed by atoms with Crippen LogP contribution in [0.25, 0.3) is 0 Å². The third-order valence-electron chi connectivity index (χ3n) is 3.23. The van der Waals surface area contributed by atoms with Crippen LogP contribution in [-0.2, 0) is 9.59 Å². The van der Waals surface area contributed by atoms with Crippen LogP contribution in [0.3, 0.4) is 0 Å². The Morgan fingerprint density at radius 1 is 1.09 bits per heavy atom. The molecular weight excluding hydrogens is 302 g/mol. The predicted molar refractivity (Wildman–Crippen MR) is 84.2 cm³/mol. The predicted octanol–water partition coefficient (Wildman–Crippen LogP) is 3.26. The Labute approximate surface area is 132 Å². The number of amides is 2. The largest absolute Gasteiger partial charge is 0.322 e. The van der Waals surface area contributed by atoms with Crippen molar-refractivity contribution in [3.8, 4) is 0 Å². The van der Waals surface area contributed by atoms with Crippen LogP contribution in [0.1, 0.15) is 12.5 Å². The molecule has 6 heteroatoms. The van der Waals surface area contributed by atoms with E-state index in [2.05, 4.69) is 5.32 Å². The van der Waals surface area contributed by atoms with Gasteiger partial charge in [0.05, 0.1) is 5.69 Å². The van der Waals surface area contributed by atoms with Crippen LogP contribution in [0.15, 0.2) is 42.5 Å². The van der Waals surface area contributed by atoms with E-state index in [-0.39, 0.29) is 18.1 Å². The molecule has 0 bridgehead atoms. The topological polar surface area (TPSA) is 49.4 Å². The number of carbonyl (C=O) groups excluding carboxylic acids is 2. The number of aryl methyl sites for hydroxylation is 1. The standard InChI is InChI=1S/C17H16F2N2O2/c1-11-3-6-14(7-4-11)21(12(2)22)10-17(23)20-16-8-5-13(18)9-15(16)19/h3-9H,10H2,1-2H3,(H,20,23). The van der Waals surface area contributed by atoms with E-state index in [0.29, 0.717) is 11.8 Å². The fourth-order valence-corrected chi connectivity index (χ4v) is 2.03. The van der Waals surface area contributed by atoms with Crippen LogP contribution in [0, 0.1) is 18.6 Å². The number of rotatable bonds is 4. The molecule has 0 fully saturated rings. The fraction of sp³-hybridized carbons (Fsp3) is 0.176. The van der Waals surface area contributed by atoms with Gasteiger partial charge in [0.25, 0.3) is 0 Å². The maximum Gasteiger partial charge on any atom is 0.244 e. The number of anilines is 2. The zero-order valence-electron chi connectivity index (χ0n) is 12.8. The Kier molecular flexibility index (Phi) is 5.05. The van der Waals surface area contributed by atoms with Crippen molar-refractivity contribution in [1.29, 1.82) is 0 Å². The van der Waals surface area contributed by atoms with Crippen molar-refractivity contribution in [2.75, 3.05) is 16.8 Å². The van der Waals surface area contributed by atoms with Gasteiger partial charge in [-0.15, -0.1) is 0 Å². The summed E-state index contributed by atoms with van der Waals surface area (Å²) in [6, 6.07) is 9.95. The molecule has 0 atom stereocenters. The highest BCUT2D eigenvalue weighted by Crippen LogP contribution is 2.17. The second-order valence-corrected chi connectivity index (χ2v) is 5.11. The van der Waals surface area contributed by atoms with Crippen molar-refractivity contribution >= 4 is 23.2 Å². The lowest BCUT2D eigenvalue weighted by Gasteiger charge is -2.21. The van der Waals surface area contributed by atoms with E-state index in [4.69, 9.17) is 0 Å². The number of nitrogens with one attached hydrogen (secondary N) is 1. The zero-order valence-corrected chi connectivity index (χ0v) is 12.8. The normalized spacial score (nSPS) is 10.3. The lowest BCUT2D eigenvalue weighted by Crippen LogP contribution is -2.36. The van der Waals surface area contributed by atoms with Gasteiger partial charge in [-0.05, 0) is 31.2 Å². The molecule has 120 valence electrons. The van der Waals surface area contributed by atoms with Crippen LogP contribution >= 0.6 is 0 Å². The monoisotopic (exact) mass is 318 g/mol. The summed E-state index contributed by atoms with van der Waals surface area (Å²) in [5.41, 5.74) is 1.46. The van der Waals surface area contributed by atoms with E-state index < -0.39 is 17.5 Å². The van der Waals surface area contributed by atoms with E-state index in [1.54, 1.807) is 12.1 Å². The molecular formula is C17H16F2N2O2. The molecule has 0 aliphatic carbocycles. The second-order valence-electron chi connectivity index (χ2n) is 5.11. The summed E-state index contributed by atoms with van der Waals surface area (Å²) in [4.78, 5) is 25.1. The Hall–Kier alpha value is -2.76. The molecule has 0 saturated heterocycles. The Balaban J connectivity index is 2.12. The maximum absolute atomic E-state index is 13.5. The summed E-state index contributed by atoms with van der Waals surface area (Å²) in [5, 5.41) is 2.33. The summed E-state index contributed by atoms with van der Waals surface area (Å²) < 4.78 is 26.4. The number of hydrogen-bond acceptors (Lipinski definition) is 2. The van der Waals surface area contributed by atoms with Gasteiger partial charge in [0.15, 0.2) is 0 Å². The SMILES string of the molecule is CC(=O)N(CC(=O)Nc1ccc(F)cc1F)c1ccc(C)cc1. The molecule has 23 heavy (non-hydrogen) atoms. The number of hydrogen-bond donors (Lipinski definition) is 1. The van der Waals surface area contributed by atoms with E-state index in [9.17, 15) is 18.4 Å². The smallest absolute Gasteiger partial charge is 0.244 e. The molecule has 2 rings (SSSR count). The molecule has 2 aromatic rings. The van der Waals surface area contributed by atoms with Crippen molar-refractivity contribution in [2.45, 2.75) is 13.8 Å². The molecule has 0 saturated carbocycles. The lowest BCUT2D eigenvalue weighted by atomic mass is 10.2. The van der Waals surface area contributed by atoms with E-state index in [0.717, 1.165) is 17.7 Å². The van der Waals surface area contributed by atoms with Gasteiger partial charge in [-0.3, -0.25) is 9.59 Å². The highest BCUT2D eigenvalue weighted by molar-refractivity contribution is 6.01. The molecule has 0 aliphatic heterocycles. The Morgan fingerprint density at radius 2 is 1.74 bits per heavy atom. The first-order chi connectivity index (χ1) is 10.9. The summed E-state index contributed by atoms with van der Waals surface area (Å²) in [6.07, 6.45) is 0. The molecule has 0 aromatic heterocycles. The average Bonchev–Trinajstić information content (AvgIpc) is 2.48. The van der Waals surface area contributed by atoms with Gasteiger partial charge >= 0.3 is 0 Å². The lowest BCUT2D eigenvalue weighted by molar-refractivity contribution is -0.120. The van der Waals surface area contributed by atoms with Gasteiger partial charge in [-0.2, -0.15) is 0 Å². The third-order valence-corrected chi connectivity index (χ3v) is 3.23. The Bertz CT molecular complexity index is 730. The van der Waals surface area contributed by atoms with Crippen molar-refractivity contribution in [2.24, 2.45) is 0 Å². The van der Waals surface area contributed by atoms with Gasteiger partial charge in [-0.25, -0.2) is 8.78 Å². The molecule has 0 radical (unpaired) electrons. The van der Waals surface area contributed by atoms with E-state index >= 15 is 0 Å². The van der Waals surface area contributed by atoms with Crippen LogP contribution < -0.4 is 10.2 Å². The summed E-state index contributed by atoms with van der Waals surface area (Å²) in [5.74, 6) is -2.50. The molecule has 2 amide bonds. The van der Waals surface area contributed by atoms with Crippen LogP contribution in [0.4, 0.5) is 20.2 Å². The number of carbonyl (C=O) groups is 2. The van der Waals surface area contributed by atoms with Gasteiger partial charge < -0.3 is 10.2 Å². The molecule has 4 nitrogen and oxygen atoms in total. The third kappa shape index (κ3) is 4.35.